The molecule has 1 aliphatic rings. The lowest BCUT2D eigenvalue weighted by Gasteiger charge is -2.30. The van der Waals surface area contributed by atoms with Crippen molar-refractivity contribution in [2.75, 3.05) is 6.54 Å². The van der Waals surface area contributed by atoms with Gasteiger partial charge in [-0.3, -0.25) is 14.2 Å². The van der Waals surface area contributed by atoms with Crippen molar-refractivity contribution in [1.29, 1.82) is 5.41 Å². The molecular formula is C24H25ClFN5O. The molecule has 2 N–H and O–H groups in total. The number of aryl methyl sites for hydroxylation is 1. The molecule has 1 amide bonds. The summed E-state index contributed by atoms with van der Waals surface area (Å²) < 4.78 is 14.9. The van der Waals surface area contributed by atoms with Gasteiger partial charge in [0.05, 0.1) is 16.4 Å². The number of fused-ring (bicyclic) bond motifs is 1. The van der Waals surface area contributed by atoms with E-state index in [1.807, 2.05) is 6.92 Å². The van der Waals surface area contributed by atoms with Gasteiger partial charge in [0.25, 0.3) is 5.91 Å². The molecule has 0 saturated heterocycles. The topological polar surface area (TPSA) is 82.6 Å². The lowest BCUT2D eigenvalue weighted by atomic mass is 9.78. The van der Waals surface area contributed by atoms with Crippen molar-refractivity contribution in [1.82, 2.24) is 14.7 Å². The Kier molecular flexibility index (Phi) is 6.65. The van der Waals surface area contributed by atoms with Crippen LogP contribution in [0.5, 0.6) is 0 Å². The minimum Gasteiger partial charge on any atom is -0.350 e. The van der Waals surface area contributed by atoms with Gasteiger partial charge in [0.1, 0.15) is 17.2 Å². The number of benzene rings is 1. The second-order valence-electron chi connectivity index (χ2n) is 7.97. The smallest absolute Gasteiger partial charge is 0.270 e. The molecule has 1 saturated carbocycles. The fourth-order valence-corrected chi connectivity index (χ4v) is 4.46. The summed E-state index contributed by atoms with van der Waals surface area (Å²) in [6.45, 7) is 2.39. The third-order valence-corrected chi connectivity index (χ3v) is 6.13. The van der Waals surface area contributed by atoms with Crippen molar-refractivity contribution in [3.05, 3.63) is 64.8 Å². The van der Waals surface area contributed by atoms with Crippen LogP contribution in [0.4, 0.5) is 10.1 Å². The molecule has 166 valence electrons. The molecule has 32 heavy (non-hydrogen) atoms. The molecule has 2 unspecified atom stereocenters. The first kappa shape index (κ1) is 22.1. The molecule has 8 heteroatoms. The van der Waals surface area contributed by atoms with Gasteiger partial charge in [-0.25, -0.2) is 9.37 Å². The molecule has 4 rings (SSSR count). The van der Waals surface area contributed by atoms with Gasteiger partial charge in [0, 0.05) is 30.6 Å². The Morgan fingerprint density at radius 3 is 2.84 bits per heavy atom. The Bertz CT molecular complexity index is 1170. The molecule has 0 radical (unpaired) electrons. The monoisotopic (exact) mass is 453 g/mol. The maximum atomic E-state index is 13.2. The second-order valence-corrected chi connectivity index (χ2v) is 8.41. The largest absolute Gasteiger partial charge is 0.350 e. The fraction of sp³-hybridized carbons (Fsp3) is 0.333. The maximum Gasteiger partial charge on any atom is 0.270 e. The van der Waals surface area contributed by atoms with Crippen LogP contribution in [0.3, 0.4) is 0 Å². The van der Waals surface area contributed by atoms with E-state index in [4.69, 9.17) is 17.0 Å². The molecule has 2 aromatic heterocycles. The molecule has 1 aliphatic carbocycles. The first-order valence-electron chi connectivity index (χ1n) is 10.8. The predicted molar refractivity (Wildman–Crippen MR) is 125 cm³/mol. The number of hydrogen-bond donors (Lipinski definition) is 2. The summed E-state index contributed by atoms with van der Waals surface area (Å²) in [5, 5.41) is 11.5. The van der Waals surface area contributed by atoms with E-state index in [-0.39, 0.29) is 23.6 Å². The van der Waals surface area contributed by atoms with Gasteiger partial charge < -0.3 is 10.7 Å². The van der Waals surface area contributed by atoms with E-state index in [0.29, 0.717) is 35.0 Å². The van der Waals surface area contributed by atoms with Crippen LogP contribution in [0, 0.1) is 23.1 Å². The summed E-state index contributed by atoms with van der Waals surface area (Å²) in [5.74, 6) is -0.613. The Balaban J connectivity index is 1.52. The van der Waals surface area contributed by atoms with Crippen LogP contribution >= 0.6 is 11.6 Å². The third kappa shape index (κ3) is 4.58. The number of nitrogens with zero attached hydrogens (tertiary/aromatic N) is 3. The number of carbonyl (C=O) groups is 1. The zero-order chi connectivity index (χ0) is 22.7. The average molecular weight is 454 g/mol. The van der Waals surface area contributed by atoms with Crippen LogP contribution in [0.15, 0.2) is 47.6 Å². The zero-order valence-corrected chi connectivity index (χ0v) is 18.6. The normalized spacial score (nSPS) is 19.9. The summed E-state index contributed by atoms with van der Waals surface area (Å²) in [5.41, 5.74) is 3.46. The van der Waals surface area contributed by atoms with Gasteiger partial charge in [0.2, 0.25) is 0 Å². The van der Waals surface area contributed by atoms with E-state index >= 15 is 0 Å². The highest BCUT2D eigenvalue weighted by Crippen LogP contribution is 2.29. The Labute approximate surface area is 191 Å². The number of halogens is 2. The standard InChI is InChI=1S/C24H25ClFN5O/c1-2-20-23(31-14-16(25)6-11-22(31)30-20)24(32)28-13-15-4-3-5-21(19(15)12-27)29-18-9-7-17(26)8-10-18/h6-12,14-15,19,27H,2-5,13H2,1H3,(H,28,32). The summed E-state index contributed by atoms with van der Waals surface area (Å²) in [4.78, 5) is 22.3. The molecule has 0 bridgehead atoms. The minimum absolute atomic E-state index is 0.0669. The third-order valence-electron chi connectivity index (χ3n) is 5.91. The summed E-state index contributed by atoms with van der Waals surface area (Å²) >= 11 is 6.14. The van der Waals surface area contributed by atoms with E-state index in [0.717, 1.165) is 30.7 Å². The zero-order valence-electron chi connectivity index (χ0n) is 17.8. The van der Waals surface area contributed by atoms with Crippen molar-refractivity contribution in [3.8, 4) is 0 Å². The highest BCUT2D eigenvalue weighted by molar-refractivity contribution is 6.30. The second kappa shape index (κ2) is 9.61. The number of rotatable bonds is 6. The molecule has 1 aromatic carbocycles. The Morgan fingerprint density at radius 2 is 2.12 bits per heavy atom. The minimum atomic E-state index is -0.304. The van der Waals surface area contributed by atoms with E-state index < -0.39 is 0 Å². The molecular weight excluding hydrogens is 429 g/mol. The lowest BCUT2D eigenvalue weighted by molar-refractivity contribution is 0.0937. The molecule has 6 nitrogen and oxygen atoms in total. The van der Waals surface area contributed by atoms with Crippen molar-refractivity contribution >= 4 is 40.8 Å². The molecule has 2 heterocycles. The van der Waals surface area contributed by atoms with Gasteiger partial charge in [-0.2, -0.15) is 0 Å². The van der Waals surface area contributed by atoms with Crippen molar-refractivity contribution < 1.29 is 9.18 Å². The highest BCUT2D eigenvalue weighted by atomic mass is 35.5. The SMILES string of the molecule is CCc1nc2ccc(Cl)cn2c1C(=O)NCC1CCCC(=Nc2ccc(F)cc2)C1C=N. The fourth-order valence-electron chi connectivity index (χ4n) is 4.30. The Hall–Kier alpha value is -3.06. The first-order chi connectivity index (χ1) is 15.5. The van der Waals surface area contributed by atoms with Crippen molar-refractivity contribution in [2.45, 2.75) is 32.6 Å². The van der Waals surface area contributed by atoms with Gasteiger partial charge >= 0.3 is 0 Å². The number of imidazole rings is 1. The van der Waals surface area contributed by atoms with Crippen LogP contribution in [0.25, 0.3) is 5.65 Å². The molecule has 0 spiro atoms. The van der Waals surface area contributed by atoms with Crippen LogP contribution in [0.2, 0.25) is 5.02 Å². The summed E-state index contributed by atoms with van der Waals surface area (Å²) in [6.07, 6.45) is 6.34. The quantitative estimate of drug-likeness (QED) is 0.499. The molecule has 3 aromatic rings. The maximum absolute atomic E-state index is 13.2. The van der Waals surface area contributed by atoms with Crippen LogP contribution in [-0.2, 0) is 6.42 Å². The van der Waals surface area contributed by atoms with Crippen molar-refractivity contribution in [3.63, 3.8) is 0 Å². The number of nitrogens with one attached hydrogen (secondary N) is 2. The number of amides is 1. The van der Waals surface area contributed by atoms with E-state index in [1.165, 1.54) is 18.3 Å². The number of hydrogen-bond acceptors (Lipinski definition) is 4. The lowest BCUT2D eigenvalue weighted by Crippen LogP contribution is -2.39. The average Bonchev–Trinajstić information content (AvgIpc) is 3.17. The van der Waals surface area contributed by atoms with Gasteiger partial charge in [0.15, 0.2) is 0 Å². The van der Waals surface area contributed by atoms with Crippen LogP contribution < -0.4 is 5.32 Å². The number of aromatic nitrogens is 2. The van der Waals surface area contributed by atoms with E-state index in [2.05, 4.69) is 15.3 Å². The van der Waals surface area contributed by atoms with Crippen molar-refractivity contribution in [2.24, 2.45) is 16.8 Å². The number of carbonyl (C=O) groups excluding carboxylic acids is 1. The summed E-state index contributed by atoms with van der Waals surface area (Å²) in [7, 11) is 0. The summed E-state index contributed by atoms with van der Waals surface area (Å²) in [6, 6.07) is 9.58. The molecule has 1 fully saturated rings. The molecule has 2 atom stereocenters. The number of aliphatic imine (C=N–C) groups is 1. The Morgan fingerprint density at radius 1 is 1.34 bits per heavy atom. The molecule has 0 aliphatic heterocycles. The van der Waals surface area contributed by atoms with Crippen LogP contribution in [-0.4, -0.2) is 33.8 Å². The predicted octanol–water partition coefficient (Wildman–Crippen LogP) is 5.26. The van der Waals surface area contributed by atoms with Gasteiger partial charge in [-0.15, -0.1) is 0 Å². The van der Waals surface area contributed by atoms with Gasteiger partial charge in [-0.05, 0) is 68.0 Å². The van der Waals surface area contributed by atoms with Crippen LogP contribution in [0.1, 0.15) is 42.4 Å². The highest BCUT2D eigenvalue weighted by Gasteiger charge is 2.30. The van der Waals surface area contributed by atoms with Gasteiger partial charge in [-0.1, -0.05) is 18.5 Å². The van der Waals surface area contributed by atoms with E-state index in [1.54, 1.807) is 34.9 Å². The van der Waals surface area contributed by atoms with E-state index in [9.17, 15) is 9.18 Å². The first-order valence-corrected chi connectivity index (χ1v) is 11.2. The number of pyridine rings is 1.